The first kappa shape index (κ1) is 10.7. The Morgan fingerprint density at radius 1 is 1.47 bits per heavy atom. The number of ether oxygens (including phenoxy) is 1. The van der Waals surface area contributed by atoms with Crippen LogP contribution in [0.4, 0.5) is 4.79 Å². The molecule has 4 nitrogen and oxygen atoms in total. The average molecular weight is 213 g/mol. The second kappa shape index (κ2) is 2.67. The molecule has 0 aromatic rings. The number of rotatable bonds is 1. The van der Waals surface area contributed by atoms with Gasteiger partial charge in [-0.3, -0.25) is 0 Å². The molecule has 2 aliphatic carbocycles. The minimum absolute atomic E-state index is 0.00278. The second-order valence-corrected chi connectivity index (χ2v) is 5.70. The van der Waals surface area contributed by atoms with E-state index in [1.807, 2.05) is 6.92 Å². The summed E-state index contributed by atoms with van der Waals surface area (Å²) in [5.41, 5.74) is 4.64. The van der Waals surface area contributed by atoms with Crippen molar-refractivity contribution in [3.05, 3.63) is 0 Å². The molecule has 2 fully saturated rings. The highest BCUT2D eigenvalue weighted by atomic mass is 16.7. The molecule has 86 valence electrons. The monoisotopic (exact) mass is 213 g/mol. The third-order valence-electron chi connectivity index (χ3n) is 5.09. The van der Waals surface area contributed by atoms with Crippen LogP contribution < -0.4 is 5.73 Å². The van der Waals surface area contributed by atoms with E-state index < -0.39 is 11.9 Å². The number of carbonyl (C=O) groups excluding carboxylic acids is 1. The van der Waals surface area contributed by atoms with Crippen LogP contribution in [0.1, 0.15) is 40.0 Å². The summed E-state index contributed by atoms with van der Waals surface area (Å²) in [7, 11) is 0. The maximum Gasteiger partial charge on any atom is 0.407 e. The van der Waals surface area contributed by atoms with Crippen LogP contribution in [-0.2, 0) is 4.74 Å². The summed E-state index contributed by atoms with van der Waals surface area (Å²) in [5.74, 6) is -0.961. The molecule has 0 spiro atoms. The standard InChI is InChI=1S/C11H19NO3/c1-9(2)7-4-5-10(9,3)11(14,6-7)15-8(12)13/h7,14H,4-6H2,1-3H3,(H2,12,13)/t7-,10-,11-/m1/s1. The molecule has 15 heavy (non-hydrogen) atoms. The van der Waals surface area contributed by atoms with E-state index in [0.29, 0.717) is 12.3 Å². The molecule has 3 atom stereocenters. The van der Waals surface area contributed by atoms with E-state index in [2.05, 4.69) is 13.8 Å². The Hall–Kier alpha value is -0.770. The normalized spacial score (nSPS) is 46.8. The topological polar surface area (TPSA) is 72.6 Å². The zero-order valence-corrected chi connectivity index (χ0v) is 9.54. The van der Waals surface area contributed by atoms with Crippen molar-refractivity contribution in [2.45, 2.75) is 45.8 Å². The second-order valence-electron chi connectivity index (χ2n) is 5.70. The van der Waals surface area contributed by atoms with E-state index in [1.54, 1.807) is 0 Å². The zero-order chi connectivity index (χ0) is 11.5. The first-order valence-electron chi connectivity index (χ1n) is 5.44. The van der Waals surface area contributed by atoms with Crippen molar-refractivity contribution in [2.24, 2.45) is 22.5 Å². The smallest absolute Gasteiger partial charge is 0.407 e. The highest BCUT2D eigenvalue weighted by Gasteiger charge is 2.70. The number of nitrogens with two attached hydrogens (primary N) is 1. The van der Waals surface area contributed by atoms with Crippen LogP contribution in [0.5, 0.6) is 0 Å². The van der Waals surface area contributed by atoms with Crippen molar-refractivity contribution in [1.82, 2.24) is 0 Å². The first-order valence-corrected chi connectivity index (χ1v) is 5.44. The van der Waals surface area contributed by atoms with Crippen molar-refractivity contribution in [3.8, 4) is 0 Å². The van der Waals surface area contributed by atoms with Gasteiger partial charge in [0.1, 0.15) is 0 Å². The summed E-state index contributed by atoms with van der Waals surface area (Å²) >= 11 is 0. The van der Waals surface area contributed by atoms with E-state index in [9.17, 15) is 9.90 Å². The van der Waals surface area contributed by atoms with E-state index in [0.717, 1.165) is 12.8 Å². The number of carbonyl (C=O) groups is 1. The van der Waals surface area contributed by atoms with Gasteiger partial charge in [0.05, 0.1) is 0 Å². The van der Waals surface area contributed by atoms with Crippen LogP contribution in [0.25, 0.3) is 0 Å². The summed E-state index contributed by atoms with van der Waals surface area (Å²) in [6.45, 7) is 6.25. The van der Waals surface area contributed by atoms with Gasteiger partial charge in [-0.2, -0.15) is 0 Å². The lowest BCUT2D eigenvalue weighted by Gasteiger charge is -2.43. The minimum atomic E-state index is -1.37. The van der Waals surface area contributed by atoms with Gasteiger partial charge in [-0.1, -0.05) is 20.8 Å². The molecule has 2 bridgehead atoms. The molecule has 2 rings (SSSR count). The molecule has 0 aromatic carbocycles. The molecule has 4 heteroatoms. The SMILES string of the molecule is CC1(C)[C@@H]2CC[C@@]1(C)[C@](O)(OC(N)=O)C2. The Labute approximate surface area is 89.8 Å². The molecule has 0 aliphatic heterocycles. The zero-order valence-electron chi connectivity index (χ0n) is 9.54. The molecule has 3 N–H and O–H groups in total. The number of hydrogen-bond donors (Lipinski definition) is 2. The Balaban J connectivity index is 2.36. The molecule has 2 aliphatic rings. The van der Waals surface area contributed by atoms with Crippen molar-refractivity contribution < 1.29 is 14.6 Å². The number of primary amides is 1. The highest BCUT2D eigenvalue weighted by Crippen LogP contribution is 2.69. The molecule has 2 saturated carbocycles. The molecular weight excluding hydrogens is 194 g/mol. The molecule has 0 aromatic heterocycles. The van der Waals surface area contributed by atoms with Gasteiger partial charge in [-0.15, -0.1) is 0 Å². The van der Waals surface area contributed by atoms with Gasteiger partial charge in [0, 0.05) is 11.8 Å². The quantitative estimate of drug-likeness (QED) is 0.650. The van der Waals surface area contributed by atoms with Gasteiger partial charge in [0.15, 0.2) is 0 Å². The first-order chi connectivity index (χ1) is 6.73. The lowest BCUT2D eigenvalue weighted by atomic mass is 9.68. The van der Waals surface area contributed by atoms with E-state index in [4.69, 9.17) is 10.5 Å². The van der Waals surface area contributed by atoms with E-state index in [-0.39, 0.29) is 10.8 Å². The van der Waals surface area contributed by atoms with Gasteiger partial charge in [-0.25, -0.2) is 4.79 Å². The lowest BCUT2D eigenvalue weighted by molar-refractivity contribution is -0.238. The number of aliphatic hydroxyl groups is 1. The highest BCUT2D eigenvalue weighted by molar-refractivity contribution is 5.65. The minimum Gasteiger partial charge on any atom is -0.417 e. The molecule has 0 radical (unpaired) electrons. The lowest BCUT2D eigenvalue weighted by Crippen LogP contribution is -2.51. The number of fused-ring (bicyclic) bond motifs is 2. The Kier molecular flexibility index (Phi) is 1.91. The van der Waals surface area contributed by atoms with Crippen molar-refractivity contribution in [3.63, 3.8) is 0 Å². The van der Waals surface area contributed by atoms with E-state index >= 15 is 0 Å². The predicted octanol–water partition coefficient (Wildman–Crippen LogP) is 1.62. The van der Waals surface area contributed by atoms with Gasteiger partial charge >= 0.3 is 6.09 Å². The Bertz CT molecular complexity index is 315. The largest absolute Gasteiger partial charge is 0.417 e. The van der Waals surface area contributed by atoms with Crippen molar-refractivity contribution in [2.75, 3.05) is 0 Å². The van der Waals surface area contributed by atoms with Crippen LogP contribution >= 0.6 is 0 Å². The third-order valence-corrected chi connectivity index (χ3v) is 5.09. The van der Waals surface area contributed by atoms with Gasteiger partial charge in [0.2, 0.25) is 5.79 Å². The maximum absolute atomic E-state index is 10.8. The molecular formula is C11H19NO3. The van der Waals surface area contributed by atoms with Crippen LogP contribution in [0.15, 0.2) is 0 Å². The van der Waals surface area contributed by atoms with Crippen molar-refractivity contribution >= 4 is 6.09 Å². The van der Waals surface area contributed by atoms with Crippen LogP contribution in [-0.4, -0.2) is 17.0 Å². The fourth-order valence-electron chi connectivity index (χ4n) is 3.53. The molecule has 0 unspecified atom stereocenters. The van der Waals surface area contributed by atoms with Gasteiger partial charge < -0.3 is 15.6 Å². The Morgan fingerprint density at radius 3 is 2.40 bits per heavy atom. The van der Waals surface area contributed by atoms with Crippen LogP contribution in [0.2, 0.25) is 0 Å². The summed E-state index contributed by atoms with van der Waals surface area (Å²) < 4.78 is 4.97. The van der Waals surface area contributed by atoms with Crippen LogP contribution in [0.3, 0.4) is 0 Å². The average Bonchev–Trinajstić information content (AvgIpc) is 2.34. The summed E-state index contributed by atoms with van der Waals surface area (Å²) in [6.07, 6.45) is 1.60. The van der Waals surface area contributed by atoms with Crippen molar-refractivity contribution in [1.29, 1.82) is 0 Å². The van der Waals surface area contributed by atoms with E-state index in [1.165, 1.54) is 0 Å². The molecule has 0 saturated heterocycles. The Morgan fingerprint density at radius 2 is 2.07 bits per heavy atom. The fraction of sp³-hybridized carbons (Fsp3) is 0.909. The summed E-state index contributed by atoms with van der Waals surface area (Å²) in [4.78, 5) is 10.8. The van der Waals surface area contributed by atoms with Crippen LogP contribution in [0, 0.1) is 16.7 Å². The third kappa shape index (κ3) is 1.08. The molecule has 1 amide bonds. The van der Waals surface area contributed by atoms with Gasteiger partial charge in [-0.05, 0) is 24.2 Å². The number of hydrogen-bond acceptors (Lipinski definition) is 3. The number of amides is 1. The van der Waals surface area contributed by atoms with Gasteiger partial charge in [0.25, 0.3) is 0 Å². The fourth-order valence-corrected chi connectivity index (χ4v) is 3.53. The predicted molar refractivity (Wildman–Crippen MR) is 54.8 cm³/mol. The molecule has 0 heterocycles. The summed E-state index contributed by atoms with van der Waals surface area (Å²) in [6, 6.07) is 0. The summed E-state index contributed by atoms with van der Waals surface area (Å²) in [5, 5.41) is 10.4. The maximum atomic E-state index is 10.8.